The van der Waals surface area contributed by atoms with E-state index >= 15 is 0 Å². The molecule has 8 nitrogen and oxygen atoms in total. The van der Waals surface area contributed by atoms with Crippen LogP contribution in [0.1, 0.15) is 24.8 Å². The van der Waals surface area contributed by atoms with Crippen LogP contribution in [0, 0.1) is 5.92 Å². The minimum Gasteiger partial charge on any atom is -0.449 e. The first-order valence-corrected chi connectivity index (χ1v) is 16.3. The molecule has 1 heterocycles. The molecule has 0 aromatic heterocycles. The maximum Gasteiger partial charge on any atom is 0.424 e. The second-order valence-electron chi connectivity index (χ2n) is 10.1. The molecule has 1 aliphatic heterocycles. The number of hydrogen-bond acceptors (Lipinski definition) is 5. The van der Waals surface area contributed by atoms with Crippen LogP contribution in [0.25, 0.3) is 0 Å². The second kappa shape index (κ2) is 9.52. The van der Waals surface area contributed by atoms with Gasteiger partial charge in [0.05, 0.1) is 12.6 Å². The molecule has 0 N–H and O–H groups in total. The third kappa shape index (κ3) is 5.35. The minimum atomic E-state index is -4.06. The quantitative estimate of drug-likeness (QED) is 0.583. The molecule has 3 atom stereocenters. The Morgan fingerprint density at radius 3 is 2.34 bits per heavy atom. The van der Waals surface area contributed by atoms with Crippen molar-refractivity contribution < 1.29 is 22.7 Å². The van der Waals surface area contributed by atoms with Gasteiger partial charge in [-0.3, -0.25) is 4.79 Å². The van der Waals surface area contributed by atoms with Crippen molar-refractivity contribution in [3.05, 3.63) is 35.9 Å². The van der Waals surface area contributed by atoms with E-state index in [4.69, 9.17) is 4.74 Å². The molecular weight excluding hydrogens is 446 g/mol. The Balaban J connectivity index is 1.87. The largest absolute Gasteiger partial charge is 0.449 e. The van der Waals surface area contributed by atoms with Crippen LogP contribution in [0.3, 0.4) is 0 Å². The number of fused-ring (bicyclic) bond motifs is 1. The lowest BCUT2D eigenvalue weighted by molar-refractivity contribution is -0.134. The number of rotatable bonds is 6. The van der Waals surface area contributed by atoms with E-state index in [1.807, 2.05) is 30.3 Å². The zero-order valence-corrected chi connectivity index (χ0v) is 21.5. The monoisotopic (exact) mass is 481 g/mol. The van der Waals surface area contributed by atoms with Crippen LogP contribution in [0.4, 0.5) is 4.79 Å². The van der Waals surface area contributed by atoms with E-state index in [0.29, 0.717) is 19.3 Å². The molecule has 32 heavy (non-hydrogen) atoms. The topological polar surface area (TPSA) is 87.2 Å². The van der Waals surface area contributed by atoms with Gasteiger partial charge in [-0.2, -0.15) is 17.0 Å². The molecule has 10 heteroatoms. The summed E-state index contributed by atoms with van der Waals surface area (Å²) in [7, 11) is -2.07. The number of nitrogens with zero attached hydrogens (tertiary/aromatic N) is 3. The summed E-state index contributed by atoms with van der Waals surface area (Å²) in [4.78, 5) is 27.1. The fraction of sp³-hybridized carbons (Fsp3) is 0.636. The molecule has 3 rings (SSSR count). The smallest absolute Gasteiger partial charge is 0.424 e. The zero-order valence-electron chi connectivity index (χ0n) is 19.7. The van der Waals surface area contributed by atoms with Crippen molar-refractivity contribution >= 4 is 30.3 Å². The van der Waals surface area contributed by atoms with E-state index in [1.165, 1.54) is 4.31 Å². The van der Waals surface area contributed by atoms with Gasteiger partial charge in [-0.05, 0) is 30.9 Å². The van der Waals surface area contributed by atoms with Crippen LogP contribution in [0.2, 0.25) is 25.7 Å². The van der Waals surface area contributed by atoms with Crippen molar-refractivity contribution in [1.82, 2.24) is 13.5 Å². The molecule has 0 bridgehead atoms. The highest BCUT2D eigenvalue weighted by Crippen LogP contribution is 2.41. The van der Waals surface area contributed by atoms with Crippen LogP contribution >= 0.6 is 0 Å². The van der Waals surface area contributed by atoms with Gasteiger partial charge in [0, 0.05) is 40.7 Å². The minimum absolute atomic E-state index is 0.00308. The SMILES string of the molecule is CN(C)C(=O)[C@H]1CCC2C(C1)N(Cc1ccccc1)S(=O)(=O)N2C(=O)OCC[Si](C)(C)C. The Labute approximate surface area is 192 Å². The van der Waals surface area contributed by atoms with Crippen LogP contribution in [-0.2, 0) is 26.3 Å². The van der Waals surface area contributed by atoms with Crippen LogP contribution in [-0.4, -0.2) is 74.8 Å². The van der Waals surface area contributed by atoms with Gasteiger partial charge in [0.15, 0.2) is 0 Å². The predicted octanol–water partition coefficient (Wildman–Crippen LogP) is 3.15. The summed E-state index contributed by atoms with van der Waals surface area (Å²) >= 11 is 0. The number of ether oxygens (including phenoxy) is 1. The summed E-state index contributed by atoms with van der Waals surface area (Å²) in [5, 5.41) is 0. The predicted molar refractivity (Wildman–Crippen MR) is 126 cm³/mol. The molecule has 0 spiro atoms. The van der Waals surface area contributed by atoms with Crippen LogP contribution < -0.4 is 0 Å². The average Bonchev–Trinajstić information content (AvgIpc) is 2.93. The Hall–Kier alpha value is -1.91. The highest BCUT2D eigenvalue weighted by molar-refractivity contribution is 7.87. The van der Waals surface area contributed by atoms with Gasteiger partial charge in [-0.25, -0.2) is 4.79 Å². The van der Waals surface area contributed by atoms with E-state index in [2.05, 4.69) is 19.6 Å². The molecular formula is C22H35N3O5SSi. The Kier molecular flexibility index (Phi) is 7.36. The number of amides is 2. The van der Waals surface area contributed by atoms with Crippen molar-refractivity contribution in [2.24, 2.45) is 5.92 Å². The van der Waals surface area contributed by atoms with E-state index in [9.17, 15) is 18.0 Å². The van der Waals surface area contributed by atoms with E-state index in [1.54, 1.807) is 19.0 Å². The molecule has 1 aliphatic carbocycles. The first-order chi connectivity index (χ1) is 14.9. The summed E-state index contributed by atoms with van der Waals surface area (Å²) in [5.41, 5.74) is 0.838. The highest BCUT2D eigenvalue weighted by atomic mass is 32.2. The zero-order chi connectivity index (χ0) is 23.7. The summed E-state index contributed by atoms with van der Waals surface area (Å²) in [6.45, 7) is 6.90. The van der Waals surface area contributed by atoms with Crippen molar-refractivity contribution in [3.63, 3.8) is 0 Å². The van der Waals surface area contributed by atoms with Crippen molar-refractivity contribution in [2.45, 2.75) is 63.6 Å². The van der Waals surface area contributed by atoms with Crippen molar-refractivity contribution in [1.29, 1.82) is 0 Å². The molecule has 2 fully saturated rings. The normalized spacial score (nSPS) is 25.3. The molecule has 1 aromatic carbocycles. The van der Waals surface area contributed by atoms with Gasteiger partial charge < -0.3 is 9.64 Å². The maximum atomic E-state index is 13.5. The lowest BCUT2D eigenvalue weighted by Crippen LogP contribution is -2.47. The molecule has 2 aliphatic rings. The first-order valence-electron chi connectivity index (χ1n) is 11.1. The third-order valence-corrected chi connectivity index (χ3v) is 9.84. The summed E-state index contributed by atoms with van der Waals surface area (Å²) in [5.74, 6) is -0.265. The number of benzene rings is 1. The van der Waals surface area contributed by atoms with Crippen molar-refractivity contribution in [2.75, 3.05) is 20.7 Å². The number of carbonyl (C=O) groups excluding carboxylic acids is 2. The number of carbonyl (C=O) groups is 2. The van der Waals surface area contributed by atoms with Gasteiger partial charge in [0.1, 0.15) is 0 Å². The van der Waals surface area contributed by atoms with Gasteiger partial charge in [-0.15, -0.1) is 0 Å². The molecule has 1 aromatic rings. The lowest BCUT2D eigenvalue weighted by Gasteiger charge is -2.34. The van der Waals surface area contributed by atoms with E-state index in [0.717, 1.165) is 15.9 Å². The van der Waals surface area contributed by atoms with Crippen LogP contribution in [0.15, 0.2) is 30.3 Å². The van der Waals surface area contributed by atoms with Gasteiger partial charge in [-0.1, -0.05) is 50.0 Å². The molecule has 0 radical (unpaired) electrons. The fourth-order valence-electron chi connectivity index (χ4n) is 4.46. The van der Waals surface area contributed by atoms with Gasteiger partial charge in [0.2, 0.25) is 5.91 Å². The fourth-order valence-corrected chi connectivity index (χ4v) is 7.11. The van der Waals surface area contributed by atoms with Crippen LogP contribution in [0.5, 0.6) is 0 Å². The Morgan fingerprint density at radius 1 is 1.09 bits per heavy atom. The van der Waals surface area contributed by atoms with E-state index in [-0.39, 0.29) is 25.0 Å². The second-order valence-corrected chi connectivity index (χ2v) is 17.5. The molecule has 1 saturated carbocycles. The summed E-state index contributed by atoms with van der Waals surface area (Å²) in [6.07, 6.45) is 0.590. The Morgan fingerprint density at radius 2 is 1.75 bits per heavy atom. The molecule has 2 amide bonds. The Bertz CT molecular complexity index is 933. The molecule has 178 valence electrons. The summed E-state index contributed by atoms with van der Waals surface area (Å²) in [6, 6.07) is 9.12. The summed E-state index contributed by atoms with van der Waals surface area (Å²) < 4.78 is 34.9. The standard InChI is InChI=1S/C22H35N3O5SSi/c1-23(2)21(26)18-11-12-19-20(15-18)24(16-17-9-7-6-8-10-17)31(28,29)25(19)22(27)30-13-14-32(3,4)5/h6-10,18-20H,11-16H2,1-5H3/t18-,19?,20?/m0/s1. The van der Waals surface area contributed by atoms with Crippen molar-refractivity contribution in [3.8, 4) is 0 Å². The number of hydrogen-bond donors (Lipinski definition) is 0. The van der Waals surface area contributed by atoms with E-state index < -0.39 is 36.5 Å². The maximum absolute atomic E-state index is 13.5. The van der Waals surface area contributed by atoms with Gasteiger partial charge >= 0.3 is 16.3 Å². The van der Waals surface area contributed by atoms with Gasteiger partial charge in [0.25, 0.3) is 0 Å². The highest BCUT2D eigenvalue weighted by Gasteiger charge is 2.56. The third-order valence-electron chi connectivity index (χ3n) is 6.23. The molecule has 1 saturated heterocycles. The first kappa shape index (κ1) is 24.7. The average molecular weight is 482 g/mol. The molecule has 2 unspecified atom stereocenters. The lowest BCUT2D eigenvalue weighted by atomic mass is 9.81.